The van der Waals surface area contributed by atoms with E-state index < -0.39 is 12.0 Å². The predicted octanol–water partition coefficient (Wildman–Crippen LogP) is 4.27. The van der Waals surface area contributed by atoms with Crippen LogP contribution in [0.3, 0.4) is 0 Å². The van der Waals surface area contributed by atoms with Gasteiger partial charge in [-0.1, -0.05) is 36.4 Å². The van der Waals surface area contributed by atoms with E-state index >= 15 is 0 Å². The molecule has 1 unspecified atom stereocenters. The number of amides is 1. The molecule has 3 rings (SSSR count). The summed E-state index contributed by atoms with van der Waals surface area (Å²) < 4.78 is 4.88. The molecule has 1 atom stereocenters. The van der Waals surface area contributed by atoms with Gasteiger partial charge >= 0.3 is 5.97 Å². The zero-order chi connectivity index (χ0) is 22.4. The van der Waals surface area contributed by atoms with Crippen molar-refractivity contribution in [3.63, 3.8) is 0 Å². The fourth-order valence-corrected chi connectivity index (χ4v) is 3.26. The van der Waals surface area contributed by atoms with Gasteiger partial charge in [-0.05, 0) is 60.9 Å². The monoisotopic (exact) mass is 418 g/mol. The summed E-state index contributed by atoms with van der Waals surface area (Å²) in [5.74, 6) is -0.794. The number of rotatable bonds is 7. The van der Waals surface area contributed by atoms with E-state index in [-0.39, 0.29) is 18.1 Å². The van der Waals surface area contributed by atoms with Crippen molar-refractivity contribution in [3.8, 4) is 5.75 Å². The lowest BCUT2D eigenvalue weighted by Gasteiger charge is -2.19. The molecule has 0 radical (unpaired) electrons. The molecular formula is C25H26N2O4. The molecule has 0 saturated carbocycles. The van der Waals surface area contributed by atoms with E-state index in [1.165, 1.54) is 19.2 Å². The number of carbonyl (C=O) groups is 2. The molecule has 0 fully saturated rings. The molecule has 3 N–H and O–H groups in total. The van der Waals surface area contributed by atoms with Crippen LogP contribution in [0.2, 0.25) is 0 Å². The van der Waals surface area contributed by atoms with Gasteiger partial charge in [-0.2, -0.15) is 0 Å². The Bertz CT molecular complexity index is 1080. The quantitative estimate of drug-likeness (QED) is 0.499. The van der Waals surface area contributed by atoms with Crippen LogP contribution in [0.25, 0.3) is 0 Å². The molecule has 6 heteroatoms. The summed E-state index contributed by atoms with van der Waals surface area (Å²) in [6.45, 7) is 4.05. The molecule has 160 valence electrons. The number of carbonyl (C=O) groups excluding carboxylic acids is 2. The van der Waals surface area contributed by atoms with Gasteiger partial charge in [-0.3, -0.25) is 4.79 Å². The van der Waals surface area contributed by atoms with Crippen molar-refractivity contribution in [2.75, 3.05) is 12.4 Å². The molecule has 0 spiro atoms. The van der Waals surface area contributed by atoms with E-state index in [9.17, 15) is 14.7 Å². The minimum atomic E-state index is -0.865. The van der Waals surface area contributed by atoms with E-state index in [2.05, 4.69) is 10.6 Å². The van der Waals surface area contributed by atoms with Crippen LogP contribution in [0.5, 0.6) is 5.75 Å². The van der Waals surface area contributed by atoms with Gasteiger partial charge in [-0.15, -0.1) is 0 Å². The van der Waals surface area contributed by atoms with Crippen LogP contribution >= 0.6 is 0 Å². The van der Waals surface area contributed by atoms with E-state index in [1.54, 1.807) is 24.3 Å². The van der Waals surface area contributed by atoms with Gasteiger partial charge in [0.05, 0.1) is 18.4 Å². The number of hydrogen-bond donors (Lipinski definition) is 3. The van der Waals surface area contributed by atoms with Gasteiger partial charge in [0.15, 0.2) is 0 Å². The number of nitrogens with one attached hydrogen (secondary N) is 2. The standard InChI is InChI=1S/C25H26N2O4/c1-16-7-6-10-21(17(16)2)26-22-9-5-4-8-20(22)24(29)27-23(25(30)31-3)15-18-11-13-19(28)14-12-18/h4-14,23,26,28H,15H2,1-3H3,(H,27,29). The van der Waals surface area contributed by atoms with Crippen LogP contribution in [0.15, 0.2) is 66.7 Å². The van der Waals surface area contributed by atoms with Crippen molar-refractivity contribution >= 4 is 23.3 Å². The lowest BCUT2D eigenvalue weighted by atomic mass is 10.0. The molecule has 0 bridgehead atoms. The summed E-state index contributed by atoms with van der Waals surface area (Å²) in [7, 11) is 1.29. The summed E-state index contributed by atoms with van der Waals surface area (Å²) in [6.07, 6.45) is 0.241. The number of aromatic hydroxyl groups is 1. The first-order valence-corrected chi connectivity index (χ1v) is 9.98. The number of esters is 1. The maximum Gasteiger partial charge on any atom is 0.328 e. The highest BCUT2D eigenvalue weighted by Gasteiger charge is 2.24. The molecule has 6 nitrogen and oxygen atoms in total. The zero-order valence-electron chi connectivity index (χ0n) is 17.8. The summed E-state index contributed by atoms with van der Waals surface area (Å²) in [5.41, 5.74) is 5.00. The van der Waals surface area contributed by atoms with Crippen LogP contribution in [0.4, 0.5) is 11.4 Å². The van der Waals surface area contributed by atoms with Crippen molar-refractivity contribution < 1.29 is 19.4 Å². The van der Waals surface area contributed by atoms with E-state index in [0.29, 0.717) is 11.3 Å². The lowest BCUT2D eigenvalue weighted by molar-refractivity contribution is -0.142. The Morgan fingerprint density at radius 3 is 2.32 bits per heavy atom. The van der Waals surface area contributed by atoms with Crippen LogP contribution in [-0.4, -0.2) is 30.1 Å². The van der Waals surface area contributed by atoms with Crippen molar-refractivity contribution in [1.29, 1.82) is 0 Å². The second-order valence-electron chi connectivity index (χ2n) is 7.34. The first-order chi connectivity index (χ1) is 14.9. The highest BCUT2D eigenvalue weighted by Crippen LogP contribution is 2.25. The molecule has 0 aromatic heterocycles. The zero-order valence-corrected chi connectivity index (χ0v) is 17.8. The Hall–Kier alpha value is -3.80. The minimum Gasteiger partial charge on any atom is -0.508 e. The van der Waals surface area contributed by atoms with Crippen molar-refractivity contribution in [3.05, 3.63) is 89.0 Å². The maximum atomic E-state index is 13.1. The average molecular weight is 418 g/mol. The molecule has 0 aliphatic heterocycles. The van der Waals surface area contributed by atoms with Crippen LogP contribution in [0.1, 0.15) is 27.0 Å². The number of benzene rings is 3. The summed E-state index contributed by atoms with van der Waals surface area (Å²) >= 11 is 0. The number of methoxy groups -OCH3 is 1. The first kappa shape index (κ1) is 21.9. The molecule has 3 aromatic rings. The second-order valence-corrected chi connectivity index (χ2v) is 7.34. The molecule has 3 aromatic carbocycles. The SMILES string of the molecule is COC(=O)C(Cc1ccc(O)cc1)NC(=O)c1ccccc1Nc1cccc(C)c1C. The van der Waals surface area contributed by atoms with Gasteiger partial charge in [0.25, 0.3) is 5.91 Å². The fraction of sp³-hybridized carbons (Fsp3) is 0.200. The van der Waals surface area contributed by atoms with Crippen LogP contribution in [0, 0.1) is 13.8 Å². The van der Waals surface area contributed by atoms with E-state index in [0.717, 1.165) is 22.4 Å². The fourth-order valence-electron chi connectivity index (χ4n) is 3.26. The molecule has 1 amide bonds. The predicted molar refractivity (Wildman–Crippen MR) is 121 cm³/mol. The Morgan fingerprint density at radius 1 is 0.935 bits per heavy atom. The average Bonchev–Trinajstić information content (AvgIpc) is 2.77. The third-order valence-electron chi connectivity index (χ3n) is 5.21. The molecule has 0 heterocycles. The Balaban J connectivity index is 1.83. The second kappa shape index (κ2) is 9.80. The Kier molecular flexibility index (Phi) is 6.92. The van der Waals surface area contributed by atoms with E-state index in [4.69, 9.17) is 4.74 Å². The smallest absolute Gasteiger partial charge is 0.328 e. The first-order valence-electron chi connectivity index (χ1n) is 9.98. The molecule has 0 aliphatic rings. The Labute approximate surface area is 181 Å². The minimum absolute atomic E-state index is 0.133. The summed E-state index contributed by atoms with van der Waals surface area (Å²) in [6, 6.07) is 18.7. The highest BCUT2D eigenvalue weighted by atomic mass is 16.5. The number of hydrogen-bond acceptors (Lipinski definition) is 5. The lowest BCUT2D eigenvalue weighted by Crippen LogP contribution is -2.43. The third kappa shape index (κ3) is 5.42. The van der Waals surface area contributed by atoms with E-state index in [1.807, 2.05) is 44.2 Å². The third-order valence-corrected chi connectivity index (χ3v) is 5.21. The van der Waals surface area contributed by atoms with Crippen LogP contribution in [-0.2, 0) is 16.0 Å². The van der Waals surface area contributed by atoms with Crippen molar-refractivity contribution in [2.45, 2.75) is 26.3 Å². The Morgan fingerprint density at radius 2 is 1.61 bits per heavy atom. The van der Waals surface area contributed by atoms with Gasteiger partial charge in [0, 0.05) is 12.1 Å². The molecule has 31 heavy (non-hydrogen) atoms. The highest BCUT2D eigenvalue weighted by molar-refractivity contribution is 6.02. The number of ether oxygens (including phenoxy) is 1. The van der Waals surface area contributed by atoms with Gasteiger partial charge in [-0.25, -0.2) is 4.79 Å². The maximum absolute atomic E-state index is 13.1. The van der Waals surface area contributed by atoms with Crippen LogP contribution < -0.4 is 10.6 Å². The summed E-state index contributed by atoms with van der Waals surface area (Å²) in [5, 5.41) is 15.6. The topological polar surface area (TPSA) is 87.7 Å². The van der Waals surface area contributed by atoms with Crippen molar-refractivity contribution in [1.82, 2.24) is 5.32 Å². The van der Waals surface area contributed by atoms with Gasteiger partial charge in [0.1, 0.15) is 11.8 Å². The number of phenolic OH excluding ortho intramolecular Hbond substituents is 1. The summed E-state index contributed by atoms with van der Waals surface area (Å²) in [4.78, 5) is 25.4. The molecule has 0 aliphatic carbocycles. The normalized spacial score (nSPS) is 11.5. The van der Waals surface area contributed by atoms with Gasteiger partial charge in [0.2, 0.25) is 0 Å². The number of para-hydroxylation sites is 1. The van der Waals surface area contributed by atoms with Crippen molar-refractivity contribution in [2.24, 2.45) is 0 Å². The van der Waals surface area contributed by atoms with Gasteiger partial charge < -0.3 is 20.5 Å². The largest absolute Gasteiger partial charge is 0.508 e. The molecule has 0 saturated heterocycles. The number of phenols is 1. The molecular weight excluding hydrogens is 392 g/mol. The number of aryl methyl sites for hydroxylation is 1. The number of anilines is 2.